The Labute approximate surface area is 65.4 Å². The van der Waals surface area contributed by atoms with Gasteiger partial charge >= 0.3 is 65.3 Å². The molecule has 0 aromatic heterocycles. The molecule has 0 aromatic carbocycles. The zero-order chi connectivity index (χ0) is 6.41. The molecule has 0 aliphatic heterocycles. The molecule has 8 heavy (non-hydrogen) atoms. The zero-order valence-electron chi connectivity index (χ0n) is 5.74. The van der Waals surface area contributed by atoms with Crippen molar-refractivity contribution >= 4 is 30.2 Å². The summed E-state index contributed by atoms with van der Waals surface area (Å²) < 4.78 is 1.21. The molecular weight excluding hydrogens is 203 g/mol. The Morgan fingerprint density at radius 2 is 2.12 bits per heavy atom. The molecule has 0 saturated carbocycles. The predicted molar refractivity (Wildman–Crippen MR) is 37.9 cm³/mol. The van der Waals surface area contributed by atoms with Gasteiger partial charge in [-0.25, -0.2) is 0 Å². The first kappa shape index (κ1) is 8.54. The van der Waals surface area contributed by atoms with Crippen molar-refractivity contribution < 1.29 is 4.79 Å². The fourth-order valence-corrected chi connectivity index (χ4v) is 2.27. The van der Waals surface area contributed by atoms with Gasteiger partial charge < -0.3 is 0 Å². The van der Waals surface area contributed by atoms with Gasteiger partial charge in [0.1, 0.15) is 0 Å². The first-order valence-corrected chi connectivity index (χ1v) is 7.36. The minimum atomic E-state index is 0.465. The second kappa shape index (κ2) is 5.67. The van der Waals surface area contributed by atoms with Crippen molar-refractivity contribution in [1.82, 2.24) is 0 Å². The van der Waals surface area contributed by atoms with E-state index in [1.54, 1.807) is 0 Å². The van der Waals surface area contributed by atoms with Crippen LogP contribution in [0.15, 0.2) is 0 Å². The van der Waals surface area contributed by atoms with Crippen LogP contribution in [0.4, 0.5) is 0 Å². The number of rotatable bonds is 4. The molecule has 0 saturated heterocycles. The van der Waals surface area contributed by atoms with Crippen molar-refractivity contribution in [2.24, 2.45) is 0 Å². The molecule has 0 fully saturated rings. The van der Waals surface area contributed by atoms with Crippen molar-refractivity contribution in [1.29, 1.82) is 0 Å². The van der Waals surface area contributed by atoms with Crippen LogP contribution in [0.5, 0.6) is 0 Å². The van der Waals surface area contributed by atoms with E-state index < -0.39 is 0 Å². The van der Waals surface area contributed by atoms with Crippen LogP contribution in [0.3, 0.4) is 0 Å². The van der Waals surface area contributed by atoms with Crippen LogP contribution >= 0.6 is 0 Å². The molecule has 0 heterocycles. The third kappa shape index (κ3) is 4.69. The maximum absolute atomic E-state index is 10.7. The third-order valence-corrected chi connectivity index (χ3v) is 2.48. The molecule has 0 atom stereocenters. The van der Waals surface area contributed by atoms with Crippen LogP contribution in [0.1, 0.15) is 26.2 Å². The molecule has 0 unspecified atom stereocenters. The standard InChI is InChI=1S/C6H11O.In.2H/c1-3-5-6(7)4-2;;;/h2-5H2,1H3;;;. The SMILES string of the molecule is CCCC(=O)C[CH2][InH2]. The Hall–Kier alpha value is 0.540. The van der Waals surface area contributed by atoms with Gasteiger partial charge in [0.05, 0.1) is 0 Å². The molecule has 0 aromatic rings. The first-order chi connectivity index (χ1) is 3.81. The summed E-state index contributed by atoms with van der Waals surface area (Å²) in [5, 5.41) is 0. The van der Waals surface area contributed by atoms with E-state index >= 15 is 0 Å². The van der Waals surface area contributed by atoms with Gasteiger partial charge in [-0.2, -0.15) is 0 Å². The molecule has 46 valence electrons. The van der Waals surface area contributed by atoms with Gasteiger partial charge in [-0.3, -0.25) is 0 Å². The van der Waals surface area contributed by atoms with E-state index in [-0.39, 0.29) is 0 Å². The predicted octanol–water partition coefficient (Wildman–Crippen LogP) is 0.797. The Bertz CT molecular complexity index is 62.9. The molecule has 1 nitrogen and oxygen atoms in total. The second-order valence-corrected chi connectivity index (χ2v) is 4.89. The molecule has 2 heteroatoms. The molecule has 0 amide bonds. The van der Waals surface area contributed by atoms with Crippen molar-refractivity contribution in [2.75, 3.05) is 0 Å². The Morgan fingerprint density at radius 1 is 1.50 bits per heavy atom. The van der Waals surface area contributed by atoms with Gasteiger partial charge in [-0.05, 0) is 0 Å². The van der Waals surface area contributed by atoms with Crippen LogP contribution in [0, 0.1) is 0 Å². The monoisotopic (exact) mass is 216 g/mol. The average molecular weight is 216 g/mol. The molecule has 0 rings (SSSR count). The Balaban J connectivity index is 3.06. The summed E-state index contributed by atoms with van der Waals surface area (Å²) in [6.07, 6.45) is 2.69. The van der Waals surface area contributed by atoms with Crippen molar-refractivity contribution in [2.45, 2.75) is 30.4 Å². The van der Waals surface area contributed by atoms with E-state index in [1.165, 1.54) is 4.18 Å². The van der Waals surface area contributed by atoms with Gasteiger partial charge in [-0.15, -0.1) is 0 Å². The van der Waals surface area contributed by atoms with Gasteiger partial charge in [0, 0.05) is 0 Å². The molecule has 0 aliphatic rings. The van der Waals surface area contributed by atoms with Crippen LogP contribution in [-0.2, 0) is 4.79 Å². The number of hydrogen-bond donors (Lipinski definition) is 0. The van der Waals surface area contributed by atoms with E-state index in [1.807, 2.05) is 0 Å². The van der Waals surface area contributed by atoms with Crippen LogP contribution in [-0.4, -0.2) is 30.2 Å². The van der Waals surface area contributed by atoms with Gasteiger partial charge in [0.25, 0.3) is 0 Å². The molecule has 0 aliphatic carbocycles. The Kier molecular flexibility index (Phi) is 6.06. The molecular formula is C6H13InO. The number of hydrogen-bond acceptors (Lipinski definition) is 1. The van der Waals surface area contributed by atoms with Gasteiger partial charge in [-0.1, -0.05) is 0 Å². The van der Waals surface area contributed by atoms with Crippen LogP contribution in [0.2, 0.25) is 4.18 Å². The summed E-state index contributed by atoms with van der Waals surface area (Å²) >= 11 is 0.732. The normalized spacial score (nSPS) is 9.12. The quantitative estimate of drug-likeness (QED) is 0.679. The summed E-state index contributed by atoms with van der Waals surface area (Å²) in [6, 6.07) is 0. The van der Waals surface area contributed by atoms with E-state index in [0.717, 1.165) is 43.6 Å². The van der Waals surface area contributed by atoms with Crippen molar-refractivity contribution in [3.05, 3.63) is 0 Å². The average Bonchev–Trinajstić information content (AvgIpc) is 1.68. The number of ketones is 1. The van der Waals surface area contributed by atoms with E-state index in [0.29, 0.717) is 5.78 Å². The topological polar surface area (TPSA) is 17.1 Å². The maximum atomic E-state index is 10.7. The number of carbonyl (C=O) groups is 1. The first-order valence-electron chi connectivity index (χ1n) is 3.33. The molecule has 0 N–H and O–H groups in total. The van der Waals surface area contributed by atoms with Gasteiger partial charge in [0.15, 0.2) is 0 Å². The number of Topliss-reactive ketones (excluding diaryl/α,β-unsaturated/α-hetero) is 1. The summed E-state index contributed by atoms with van der Waals surface area (Å²) in [6.45, 7) is 2.05. The van der Waals surface area contributed by atoms with Crippen LogP contribution < -0.4 is 0 Å². The molecule has 0 radical (unpaired) electrons. The molecule has 0 spiro atoms. The van der Waals surface area contributed by atoms with E-state index in [2.05, 4.69) is 6.92 Å². The second-order valence-electron chi connectivity index (χ2n) is 2.04. The summed E-state index contributed by atoms with van der Waals surface area (Å²) in [4.78, 5) is 10.7. The van der Waals surface area contributed by atoms with Gasteiger partial charge in [0.2, 0.25) is 0 Å². The van der Waals surface area contributed by atoms with Crippen molar-refractivity contribution in [3.63, 3.8) is 0 Å². The minimum absolute atomic E-state index is 0.465. The summed E-state index contributed by atoms with van der Waals surface area (Å²) in [7, 11) is 0. The number of carbonyl (C=O) groups excluding carboxylic acids is 1. The summed E-state index contributed by atoms with van der Waals surface area (Å²) in [5.41, 5.74) is 0. The zero-order valence-corrected chi connectivity index (χ0v) is 11.4. The molecule has 0 bridgehead atoms. The van der Waals surface area contributed by atoms with E-state index in [4.69, 9.17) is 0 Å². The summed E-state index contributed by atoms with van der Waals surface area (Å²) in [5.74, 6) is 0.465. The van der Waals surface area contributed by atoms with Crippen LogP contribution in [0.25, 0.3) is 0 Å². The van der Waals surface area contributed by atoms with E-state index in [9.17, 15) is 4.79 Å². The third-order valence-electron chi connectivity index (χ3n) is 1.06. The fraction of sp³-hybridized carbons (Fsp3) is 0.833. The van der Waals surface area contributed by atoms with Crippen molar-refractivity contribution in [3.8, 4) is 0 Å². The fourth-order valence-electron chi connectivity index (χ4n) is 0.683. The Morgan fingerprint density at radius 3 is 2.50 bits per heavy atom.